The van der Waals surface area contributed by atoms with E-state index in [4.69, 9.17) is 16.3 Å². The highest BCUT2D eigenvalue weighted by molar-refractivity contribution is 7.99. The number of nitrogens with zero attached hydrogens (tertiary/aromatic N) is 3. The number of thioether (sulfide) groups is 1. The molecular formula is C19H19ClN4O2S. The Bertz CT molecular complexity index is 957. The van der Waals surface area contributed by atoms with Gasteiger partial charge in [0.25, 0.3) is 0 Å². The van der Waals surface area contributed by atoms with E-state index in [-0.39, 0.29) is 11.7 Å². The molecule has 1 amide bonds. The van der Waals surface area contributed by atoms with Crippen molar-refractivity contribution < 1.29 is 9.53 Å². The van der Waals surface area contributed by atoms with Crippen LogP contribution in [0.1, 0.15) is 11.4 Å². The zero-order chi connectivity index (χ0) is 19.4. The van der Waals surface area contributed by atoms with Crippen LogP contribution in [-0.2, 0) is 4.79 Å². The first-order chi connectivity index (χ1) is 13.0. The average molecular weight is 403 g/mol. The number of carbonyl (C=O) groups excluding carboxylic acids is 1. The summed E-state index contributed by atoms with van der Waals surface area (Å²) in [5, 5.41) is 12.5. The lowest BCUT2D eigenvalue weighted by Gasteiger charge is -2.10. The highest BCUT2D eigenvalue weighted by Gasteiger charge is 2.14. The number of carbonyl (C=O) groups is 1. The smallest absolute Gasteiger partial charge is 0.234 e. The molecule has 27 heavy (non-hydrogen) atoms. The molecule has 0 unspecified atom stereocenters. The van der Waals surface area contributed by atoms with E-state index in [2.05, 4.69) is 15.5 Å². The Morgan fingerprint density at radius 3 is 2.59 bits per heavy atom. The molecular weight excluding hydrogens is 384 g/mol. The number of methoxy groups -OCH3 is 1. The molecule has 0 aliphatic rings. The zero-order valence-electron chi connectivity index (χ0n) is 15.2. The predicted octanol–water partition coefficient (Wildman–Crippen LogP) is 4.28. The van der Waals surface area contributed by atoms with E-state index in [1.165, 1.54) is 11.8 Å². The van der Waals surface area contributed by atoms with Gasteiger partial charge in [-0.25, -0.2) is 0 Å². The van der Waals surface area contributed by atoms with Gasteiger partial charge >= 0.3 is 0 Å². The Labute approximate surface area is 166 Å². The van der Waals surface area contributed by atoms with E-state index in [1.807, 2.05) is 48.7 Å². The van der Waals surface area contributed by atoms with Crippen molar-refractivity contribution in [2.24, 2.45) is 0 Å². The largest absolute Gasteiger partial charge is 0.497 e. The fourth-order valence-electron chi connectivity index (χ4n) is 2.55. The summed E-state index contributed by atoms with van der Waals surface area (Å²) in [6, 6.07) is 13.0. The number of hydrogen-bond acceptors (Lipinski definition) is 5. The minimum absolute atomic E-state index is 0.118. The molecule has 0 radical (unpaired) electrons. The van der Waals surface area contributed by atoms with Crippen LogP contribution < -0.4 is 10.1 Å². The van der Waals surface area contributed by atoms with Gasteiger partial charge in [0.05, 0.1) is 12.9 Å². The van der Waals surface area contributed by atoms with Crippen LogP contribution in [0.15, 0.2) is 47.6 Å². The summed E-state index contributed by atoms with van der Waals surface area (Å²) >= 11 is 7.28. The maximum atomic E-state index is 12.3. The number of hydrogen-bond donors (Lipinski definition) is 1. The van der Waals surface area contributed by atoms with Crippen molar-refractivity contribution in [1.29, 1.82) is 0 Å². The zero-order valence-corrected chi connectivity index (χ0v) is 16.8. The summed E-state index contributed by atoms with van der Waals surface area (Å²) in [6.45, 7) is 3.77. The van der Waals surface area contributed by atoms with Crippen LogP contribution in [0.4, 0.5) is 5.69 Å². The van der Waals surface area contributed by atoms with Gasteiger partial charge in [0.15, 0.2) is 5.16 Å². The van der Waals surface area contributed by atoms with Gasteiger partial charge in [-0.3, -0.25) is 9.36 Å². The van der Waals surface area contributed by atoms with Crippen LogP contribution in [0.2, 0.25) is 5.02 Å². The van der Waals surface area contributed by atoms with Crippen LogP contribution >= 0.6 is 23.4 Å². The molecule has 1 aromatic heterocycles. The number of rotatable bonds is 6. The summed E-state index contributed by atoms with van der Waals surface area (Å²) in [7, 11) is 1.63. The highest BCUT2D eigenvalue weighted by atomic mass is 35.5. The van der Waals surface area contributed by atoms with Crippen LogP contribution in [0.25, 0.3) is 5.69 Å². The van der Waals surface area contributed by atoms with Crippen molar-refractivity contribution in [2.45, 2.75) is 19.0 Å². The van der Waals surface area contributed by atoms with Gasteiger partial charge < -0.3 is 10.1 Å². The van der Waals surface area contributed by atoms with Crippen molar-refractivity contribution in [2.75, 3.05) is 18.2 Å². The Kier molecular flexibility index (Phi) is 6.03. The summed E-state index contributed by atoms with van der Waals surface area (Å²) in [5.74, 6) is 1.62. The normalized spacial score (nSPS) is 10.7. The molecule has 0 bridgehead atoms. The number of benzene rings is 2. The first-order valence-corrected chi connectivity index (χ1v) is 9.59. The van der Waals surface area contributed by atoms with Crippen molar-refractivity contribution in [1.82, 2.24) is 14.8 Å². The molecule has 1 heterocycles. The number of ether oxygens (including phenoxy) is 1. The van der Waals surface area contributed by atoms with E-state index in [9.17, 15) is 4.79 Å². The molecule has 0 aliphatic heterocycles. The van der Waals surface area contributed by atoms with Crippen LogP contribution in [0, 0.1) is 13.8 Å². The second-order valence-corrected chi connectivity index (χ2v) is 7.24. The average Bonchev–Trinajstić information content (AvgIpc) is 3.03. The lowest BCUT2D eigenvalue weighted by Crippen LogP contribution is -2.15. The SMILES string of the molecule is COc1ccc(-n2c(C)nnc2SCC(=O)Nc2ccc(Cl)cc2C)cc1. The molecule has 0 aliphatic carbocycles. The standard InChI is InChI=1S/C19H19ClN4O2S/c1-12-10-14(20)4-9-17(12)21-18(25)11-27-19-23-22-13(2)24(19)15-5-7-16(26-3)8-6-15/h4-10H,11H2,1-3H3,(H,21,25). The number of aryl methyl sites for hydroxylation is 2. The third-order valence-electron chi connectivity index (χ3n) is 3.92. The number of aromatic nitrogens is 3. The van der Waals surface area contributed by atoms with E-state index in [1.54, 1.807) is 19.2 Å². The molecule has 0 saturated heterocycles. The van der Waals surface area contributed by atoms with Gasteiger partial charge in [-0.15, -0.1) is 10.2 Å². The summed E-state index contributed by atoms with van der Waals surface area (Å²) in [4.78, 5) is 12.3. The quantitative estimate of drug-likeness (QED) is 0.623. The molecule has 1 N–H and O–H groups in total. The molecule has 2 aromatic carbocycles. The van der Waals surface area contributed by atoms with Gasteiger partial charge in [-0.1, -0.05) is 23.4 Å². The van der Waals surface area contributed by atoms with E-state index in [0.717, 1.165) is 28.5 Å². The molecule has 0 spiro atoms. The second kappa shape index (κ2) is 8.45. The van der Waals surface area contributed by atoms with E-state index in [0.29, 0.717) is 10.2 Å². The lowest BCUT2D eigenvalue weighted by atomic mass is 10.2. The van der Waals surface area contributed by atoms with Gasteiger partial charge in [-0.05, 0) is 61.9 Å². The Balaban J connectivity index is 1.70. The first kappa shape index (κ1) is 19.3. The first-order valence-electron chi connectivity index (χ1n) is 8.23. The molecule has 0 atom stereocenters. The molecule has 3 aromatic rings. The van der Waals surface area contributed by atoms with Crippen molar-refractivity contribution >= 4 is 35.0 Å². The maximum Gasteiger partial charge on any atom is 0.234 e. The predicted molar refractivity (Wildman–Crippen MR) is 108 cm³/mol. The number of nitrogens with one attached hydrogen (secondary N) is 1. The second-order valence-electron chi connectivity index (χ2n) is 5.86. The molecule has 8 heteroatoms. The fourth-order valence-corrected chi connectivity index (χ4v) is 3.57. The fraction of sp³-hybridized carbons (Fsp3) is 0.211. The third kappa shape index (κ3) is 4.61. The van der Waals surface area contributed by atoms with Gasteiger partial charge in [0.1, 0.15) is 11.6 Å². The molecule has 3 rings (SSSR count). The minimum atomic E-state index is -0.118. The number of halogens is 1. The molecule has 0 fully saturated rings. The highest BCUT2D eigenvalue weighted by Crippen LogP contribution is 2.24. The number of anilines is 1. The number of amides is 1. The molecule has 0 saturated carbocycles. The van der Waals surface area contributed by atoms with Crippen molar-refractivity contribution in [3.05, 3.63) is 58.9 Å². The third-order valence-corrected chi connectivity index (χ3v) is 5.08. The minimum Gasteiger partial charge on any atom is -0.497 e. The Hall–Kier alpha value is -2.51. The Morgan fingerprint density at radius 1 is 1.19 bits per heavy atom. The van der Waals surface area contributed by atoms with E-state index < -0.39 is 0 Å². The van der Waals surface area contributed by atoms with Crippen LogP contribution in [0.5, 0.6) is 5.75 Å². The van der Waals surface area contributed by atoms with Gasteiger partial charge in [-0.2, -0.15) is 0 Å². The van der Waals surface area contributed by atoms with E-state index >= 15 is 0 Å². The molecule has 140 valence electrons. The van der Waals surface area contributed by atoms with Crippen LogP contribution in [0.3, 0.4) is 0 Å². The summed E-state index contributed by atoms with van der Waals surface area (Å²) in [6.07, 6.45) is 0. The lowest BCUT2D eigenvalue weighted by molar-refractivity contribution is -0.113. The van der Waals surface area contributed by atoms with Crippen molar-refractivity contribution in [3.63, 3.8) is 0 Å². The Morgan fingerprint density at radius 2 is 1.93 bits per heavy atom. The molecule has 6 nitrogen and oxygen atoms in total. The van der Waals surface area contributed by atoms with Crippen LogP contribution in [-0.4, -0.2) is 33.5 Å². The summed E-state index contributed by atoms with van der Waals surface area (Å²) in [5.41, 5.74) is 2.57. The monoisotopic (exact) mass is 402 g/mol. The van der Waals surface area contributed by atoms with Gasteiger partial charge in [0, 0.05) is 16.4 Å². The van der Waals surface area contributed by atoms with Gasteiger partial charge in [0.2, 0.25) is 5.91 Å². The van der Waals surface area contributed by atoms with Crippen molar-refractivity contribution in [3.8, 4) is 11.4 Å². The summed E-state index contributed by atoms with van der Waals surface area (Å²) < 4.78 is 7.10. The maximum absolute atomic E-state index is 12.3. The topological polar surface area (TPSA) is 69.0 Å².